The van der Waals surface area contributed by atoms with Crippen LogP contribution in [0.3, 0.4) is 0 Å². The van der Waals surface area contributed by atoms with Crippen LogP contribution in [0.1, 0.15) is 32.1 Å². The van der Waals surface area contributed by atoms with Crippen LogP contribution in [0.4, 0.5) is 17.1 Å². The Labute approximate surface area is 123 Å². The van der Waals surface area contributed by atoms with E-state index in [9.17, 15) is 9.90 Å². The molecule has 1 aliphatic carbocycles. The molecule has 1 saturated carbocycles. The first-order valence-corrected chi connectivity index (χ1v) is 7.38. The summed E-state index contributed by atoms with van der Waals surface area (Å²) in [4.78, 5) is 11.4. The number of benzene rings is 1. The molecule has 2 aliphatic rings. The monoisotopic (exact) mass is 291 g/mol. The first-order valence-electron chi connectivity index (χ1n) is 7.38. The highest BCUT2D eigenvalue weighted by atomic mass is 16.5. The lowest BCUT2D eigenvalue weighted by molar-refractivity contribution is -0.118. The van der Waals surface area contributed by atoms with Crippen LogP contribution in [0.2, 0.25) is 0 Å². The molecule has 0 atom stereocenters. The fourth-order valence-electron chi connectivity index (χ4n) is 2.94. The first kappa shape index (κ1) is 14.0. The van der Waals surface area contributed by atoms with E-state index in [1.807, 2.05) is 0 Å². The highest BCUT2D eigenvalue weighted by Gasteiger charge is 2.29. The molecule has 21 heavy (non-hydrogen) atoms. The van der Waals surface area contributed by atoms with Crippen molar-refractivity contribution in [3.8, 4) is 5.75 Å². The van der Waals surface area contributed by atoms with Crippen LogP contribution in [0, 0.1) is 0 Å². The molecule has 0 radical (unpaired) electrons. The molecular formula is C15H21N3O3. The number of rotatable bonds is 3. The highest BCUT2D eigenvalue weighted by Crippen LogP contribution is 2.36. The lowest BCUT2D eigenvalue weighted by atomic mass is 9.85. The maximum Gasteiger partial charge on any atom is 0.262 e. The summed E-state index contributed by atoms with van der Waals surface area (Å²) >= 11 is 0. The topological polar surface area (TPSA) is 96.6 Å². The maximum atomic E-state index is 11.4. The Balaban J connectivity index is 1.73. The van der Waals surface area contributed by atoms with Gasteiger partial charge in [0.1, 0.15) is 5.75 Å². The molecule has 1 aliphatic heterocycles. The average molecular weight is 291 g/mol. The van der Waals surface area contributed by atoms with Gasteiger partial charge in [0.15, 0.2) is 6.61 Å². The quantitative estimate of drug-likeness (QED) is 0.636. The lowest BCUT2D eigenvalue weighted by Gasteiger charge is -2.32. The summed E-state index contributed by atoms with van der Waals surface area (Å²) in [6.07, 6.45) is 4.92. The van der Waals surface area contributed by atoms with Gasteiger partial charge >= 0.3 is 0 Å². The molecule has 114 valence electrons. The fraction of sp³-hybridized carbons (Fsp3) is 0.533. The van der Waals surface area contributed by atoms with E-state index in [1.54, 1.807) is 12.1 Å². The van der Waals surface area contributed by atoms with Crippen molar-refractivity contribution in [1.29, 1.82) is 0 Å². The van der Waals surface area contributed by atoms with Gasteiger partial charge in [-0.3, -0.25) is 4.79 Å². The number of carbonyl (C=O) groups excluding carboxylic acids is 1. The minimum absolute atomic E-state index is 0.0129. The highest BCUT2D eigenvalue weighted by molar-refractivity contribution is 5.97. The third-order valence-electron chi connectivity index (χ3n) is 4.18. The molecular weight excluding hydrogens is 270 g/mol. The van der Waals surface area contributed by atoms with Crippen molar-refractivity contribution >= 4 is 23.0 Å². The number of fused-ring (bicyclic) bond motifs is 1. The molecule has 0 saturated heterocycles. The molecule has 1 amide bonds. The normalized spacial score (nSPS) is 20.1. The number of anilines is 3. The molecule has 5 N–H and O–H groups in total. The van der Waals surface area contributed by atoms with Crippen LogP contribution >= 0.6 is 0 Å². The van der Waals surface area contributed by atoms with E-state index in [0.29, 0.717) is 29.4 Å². The number of nitrogens with one attached hydrogen (secondary N) is 2. The summed E-state index contributed by atoms with van der Waals surface area (Å²) < 4.78 is 5.32. The van der Waals surface area contributed by atoms with Crippen molar-refractivity contribution in [2.75, 3.05) is 29.5 Å². The number of carbonyl (C=O) groups is 1. The Morgan fingerprint density at radius 3 is 2.86 bits per heavy atom. The maximum absolute atomic E-state index is 11.4. The second-order valence-electron chi connectivity index (χ2n) is 5.91. The second kappa shape index (κ2) is 5.44. The Kier molecular flexibility index (Phi) is 3.63. The van der Waals surface area contributed by atoms with Gasteiger partial charge < -0.3 is 26.2 Å². The SMILES string of the molecule is Nc1cc2c(cc1NCC1(O)CCCCC1)NC(=O)CO2. The van der Waals surface area contributed by atoms with Gasteiger partial charge in [-0.05, 0) is 18.9 Å². The second-order valence-corrected chi connectivity index (χ2v) is 5.91. The molecule has 1 aromatic carbocycles. The number of hydrogen-bond acceptors (Lipinski definition) is 5. The standard InChI is InChI=1S/C15H21N3O3/c16-10-6-13-12(18-14(19)8-21-13)7-11(10)17-9-15(20)4-2-1-3-5-15/h6-7,17,20H,1-5,8-9,16H2,(H,18,19). The minimum atomic E-state index is -0.666. The zero-order valence-electron chi connectivity index (χ0n) is 11.9. The third-order valence-corrected chi connectivity index (χ3v) is 4.18. The molecule has 0 bridgehead atoms. The molecule has 1 aromatic rings. The molecule has 0 aromatic heterocycles. The van der Waals surface area contributed by atoms with Crippen molar-refractivity contribution in [1.82, 2.24) is 0 Å². The Hall–Kier alpha value is -1.95. The predicted molar refractivity (Wildman–Crippen MR) is 81.5 cm³/mol. The summed E-state index contributed by atoms with van der Waals surface area (Å²) in [6.45, 7) is 0.476. The van der Waals surface area contributed by atoms with Crippen LogP contribution < -0.4 is 21.1 Å². The Bertz CT molecular complexity index is 553. The zero-order valence-corrected chi connectivity index (χ0v) is 11.9. The van der Waals surface area contributed by atoms with Crippen molar-refractivity contribution in [2.45, 2.75) is 37.7 Å². The van der Waals surface area contributed by atoms with Gasteiger partial charge in [-0.2, -0.15) is 0 Å². The minimum Gasteiger partial charge on any atom is -0.482 e. The van der Waals surface area contributed by atoms with E-state index in [4.69, 9.17) is 10.5 Å². The molecule has 3 rings (SSSR count). The molecule has 6 nitrogen and oxygen atoms in total. The van der Waals surface area contributed by atoms with E-state index in [1.165, 1.54) is 6.42 Å². The number of amides is 1. The first-order chi connectivity index (χ1) is 10.1. The predicted octanol–water partition coefficient (Wildman–Crippen LogP) is 1.71. The van der Waals surface area contributed by atoms with Gasteiger partial charge in [0, 0.05) is 12.6 Å². The molecule has 1 heterocycles. The molecule has 0 unspecified atom stereocenters. The van der Waals surface area contributed by atoms with Gasteiger partial charge in [-0.15, -0.1) is 0 Å². The van der Waals surface area contributed by atoms with Crippen molar-refractivity contribution in [3.05, 3.63) is 12.1 Å². The summed E-state index contributed by atoms with van der Waals surface area (Å²) in [5.41, 5.74) is 7.20. The molecule has 0 spiro atoms. The number of nitrogens with two attached hydrogens (primary N) is 1. The van der Waals surface area contributed by atoms with Gasteiger partial charge in [-0.25, -0.2) is 0 Å². The summed E-state index contributed by atoms with van der Waals surface area (Å²) in [6, 6.07) is 3.45. The summed E-state index contributed by atoms with van der Waals surface area (Å²) in [7, 11) is 0. The summed E-state index contributed by atoms with van der Waals surface area (Å²) in [5, 5.41) is 16.5. The van der Waals surface area contributed by atoms with Crippen LogP contribution in [0.25, 0.3) is 0 Å². The van der Waals surface area contributed by atoms with E-state index in [-0.39, 0.29) is 12.5 Å². The van der Waals surface area contributed by atoms with E-state index in [2.05, 4.69) is 10.6 Å². The number of ether oxygens (including phenoxy) is 1. The zero-order chi connectivity index (χ0) is 14.9. The van der Waals surface area contributed by atoms with Crippen LogP contribution in [-0.2, 0) is 4.79 Å². The van der Waals surface area contributed by atoms with E-state index < -0.39 is 5.60 Å². The van der Waals surface area contributed by atoms with E-state index in [0.717, 1.165) is 25.7 Å². The Morgan fingerprint density at radius 2 is 2.10 bits per heavy atom. The van der Waals surface area contributed by atoms with E-state index >= 15 is 0 Å². The summed E-state index contributed by atoms with van der Waals surface area (Å²) in [5.74, 6) is 0.401. The van der Waals surface area contributed by atoms with Gasteiger partial charge in [0.2, 0.25) is 0 Å². The number of aliphatic hydroxyl groups is 1. The molecule has 6 heteroatoms. The third kappa shape index (κ3) is 3.05. The van der Waals surface area contributed by atoms with Crippen LogP contribution in [0.5, 0.6) is 5.75 Å². The smallest absolute Gasteiger partial charge is 0.262 e. The lowest BCUT2D eigenvalue weighted by Crippen LogP contribution is -2.39. The molecule has 1 fully saturated rings. The average Bonchev–Trinajstić information content (AvgIpc) is 2.46. The number of hydrogen-bond donors (Lipinski definition) is 4. The fourth-order valence-corrected chi connectivity index (χ4v) is 2.94. The largest absolute Gasteiger partial charge is 0.482 e. The van der Waals surface area contributed by atoms with Crippen LogP contribution in [-0.4, -0.2) is 29.8 Å². The van der Waals surface area contributed by atoms with Gasteiger partial charge in [0.25, 0.3) is 5.91 Å². The van der Waals surface area contributed by atoms with Crippen LogP contribution in [0.15, 0.2) is 12.1 Å². The number of nitrogen functional groups attached to an aromatic ring is 1. The van der Waals surface area contributed by atoms with Gasteiger partial charge in [0.05, 0.1) is 22.7 Å². The van der Waals surface area contributed by atoms with Gasteiger partial charge in [-0.1, -0.05) is 19.3 Å². The Morgan fingerprint density at radius 1 is 1.33 bits per heavy atom. The van der Waals surface area contributed by atoms with Crippen molar-refractivity contribution in [2.24, 2.45) is 0 Å². The van der Waals surface area contributed by atoms with Crippen molar-refractivity contribution < 1.29 is 14.6 Å². The van der Waals surface area contributed by atoms with Crippen molar-refractivity contribution in [3.63, 3.8) is 0 Å².